The van der Waals surface area contributed by atoms with Crippen molar-refractivity contribution in [1.82, 2.24) is 20.4 Å². The standard InChI is InChI=1S/C27H45N5O5/c1-3-5-15-36-23-13-9-7-11-19(23)29-25(33)18-32-22(17-21(31-32)26(28)34)27(35)30-20-12-8-10-14-24(20)37-16-6-4-2/h17,19-20,23-24H,3-16,18H2,1-2H3,(H2,28,34)(H,29,33)(H,30,35)/t19-,20+,23-,24+/m0/s1. The molecule has 1 aromatic rings. The van der Waals surface area contributed by atoms with Gasteiger partial charge in [0.2, 0.25) is 5.91 Å². The molecular weight excluding hydrogens is 474 g/mol. The van der Waals surface area contributed by atoms with Gasteiger partial charge in [-0.15, -0.1) is 0 Å². The number of carbonyl (C=O) groups is 3. The van der Waals surface area contributed by atoms with Crippen LogP contribution >= 0.6 is 0 Å². The molecule has 2 fully saturated rings. The minimum absolute atomic E-state index is 0.0123. The number of nitrogens with zero attached hydrogens (tertiary/aromatic N) is 2. The van der Waals surface area contributed by atoms with E-state index in [4.69, 9.17) is 15.2 Å². The van der Waals surface area contributed by atoms with E-state index in [1.807, 2.05) is 0 Å². The van der Waals surface area contributed by atoms with Crippen LogP contribution < -0.4 is 16.4 Å². The molecule has 10 heteroatoms. The van der Waals surface area contributed by atoms with Crippen molar-refractivity contribution in [3.8, 4) is 0 Å². The molecule has 3 rings (SSSR count). The molecule has 208 valence electrons. The lowest BCUT2D eigenvalue weighted by atomic mass is 9.92. The second kappa shape index (κ2) is 15.1. The smallest absolute Gasteiger partial charge is 0.269 e. The Morgan fingerprint density at radius 2 is 1.46 bits per heavy atom. The van der Waals surface area contributed by atoms with Crippen LogP contribution in [0.2, 0.25) is 0 Å². The van der Waals surface area contributed by atoms with Gasteiger partial charge < -0.3 is 25.8 Å². The van der Waals surface area contributed by atoms with Gasteiger partial charge in [0.05, 0.1) is 24.3 Å². The quantitative estimate of drug-likeness (QED) is 0.323. The first kappa shape index (κ1) is 29.1. The molecule has 0 bridgehead atoms. The Morgan fingerprint density at radius 1 is 0.919 bits per heavy atom. The molecule has 0 unspecified atom stereocenters. The van der Waals surface area contributed by atoms with Crippen LogP contribution in [0, 0.1) is 0 Å². The van der Waals surface area contributed by atoms with Gasteiger partial charge in [-0.05, 0) is 38.5 Å². The first-order valence-corrected chi connectivity index (χ1v) is 14.1. The van der Waals surface area contributed by atoms with E-state index in [1.54, 1.807) is 0 Å². The molecular formula is C27H45N5O5. The zero-order valence-electron chi connectivity index (χ0n) is 22.5. The fourth-order valence-electron chi connectivity index (χ4n) is 5.15. The maximum atomic E-state index is 13.3. The zero-order valence-corrected chi connectivity index (χ0v) is 22.5. The van der Waals surface area contributed by atoms with Gasteiger partial charge in [-0.1, -0.05) is 52.4 Å². The van der Waals surface area contributed by atoms with Crippen molar-refractivity contribution in [2.45, 2.75) is 122 Å². The Balaban J connectivity index is 1.66. The SMILES string of the molecule is CCCCO[C@H]1CCCC[C@@H]1NC(=O)Cn1nc(C(N)=O)cc1C(=O)N[C@@H]1CCCC[C@H]1OCCCC. The Morgan fingerprint density at radius 3 is 2.00 bits per heavy atom. The molecule has 4 atom stereocenters. The van der Waals surface area contributed by atoms with E-state index in [-0.39, 0.29) is 54.0 Å². The average Bonchev–Trinajstić information content (AvgIpc) is 3.30. The van der Waals surface area contributed by atoms with E-state index in [2.05, 4.69) is 29.6 Å². The molecule has 2 aliphatic carbocycles. The van der Waals surface area contributed by atoms with Crippen LogP contribution in [0.3, 0.4) is 0 Å². The number of nitrogens with one attached hydrogen (secondary N) is 2. The molecule has 37 heavy (non-hydrogen) atoms. The van der Waals surface area contributed by atoms with Gasteiger partial charge in [0.25, 0.3) is 11.8 Å². The van der Waals surface area contributed by atoms with Gasteiger partial charge in [-0.25, -0.2) is 4.68 Å². The summed E-state index contributed by atoms with van der Waals surface area (Å²) in [7, 11) is 0. The number of amides is 3. The molecule has 10 nitrogen and oxygen atoms in total. The highest BCUT2D eigenvalue weighted by atomic mass is 16.5. The van der Waals surface area contributed by atoms with E-state index in [0.717, 1.165) is 77.0 Å². The molecule has 0 saturated heterocycles. The van der Waals surface area contributed by atoms with Crippen molar-refractivity contribution in [3.63, 3.8) is 0 Å². The largest absolute Gasteiger partial charge is 0.376 e. The highest BCUT2D eigenvalue weighted by Gasteiger charge is 2.30. The summed E-state index contributed by atoms with van der Waals surface area (Å²) in [6.07, 6.45) is 11.7. The highest BCUT2D eigenvalue weighted by molar-refractivity contribution is 5.97. The lowest BCUT2D eigenvalue weighted by Gasteiger charge is -2.32. The summed E-state index contributed by atoms with van der Waals surface area (Å²) in [6.45, 7) is 5.40. The van der Waals surface area contributed by atoms with Crippen LogP contribution in [0.4, 0.5) is 0 Å². The van der Waals surface area contributed by atoms with Crippen LogP contribution in [0.15, 0.2) is 6.07 Å². The molecule has 2 saturated carbocycles. The Bertz CT molecular complexity index is 889. The molecule has 0 aromatic carbocycles. The zero-order chi connectivity index (χ0) is 26.6. The molecule has 0 radical (unpaired) electrons. The minimum atomic E-state index is -0.747. The summed E-state index contributed by atoms with van der Waals surface area (Å²) in [5.74, 6) is -1.41. The fraction of sp³-hybridized carbons (Fsp3) is 0.778. The average molecular weight is 520 g/mol. The third-order valence-corrected chi connectivity index (χ3v) is 7.29. The maximum Gasteiger partial charge on any atom is 0.269 e. The minimum Gasteiger partial charge on any atom is -0.376 e. The van der Waals surface area contributed by atoms with Crippen molar-refractivity contribution >= 4 is 17.7 Å². The second-order valence-corrected chi connectivity index (χ2v) is 10.3. The predicted molar refractivity (Wildman–Crippen MR) is 140 cm³/mol. The van der Waals surface area contributed by atoms with E-state index < -0.39 is 5.91 Å². The highest BCUT2D eigenvalue weighted by Crippen LogP contribution is 2.23. The van der Waals surface area contributed by atoms with Crippen LogP contribution in [0.1, 0.15) is 112 Å². The van der Waals surface area contributed by atoms with Crippen molar-refractivity contribution in [3.05, 3.63) is 17.5 Å². The predicted octanol–water partition coefficient (Wildman–Crippen LogP) is 3.08. The lowest BCUT2D eigenvalue weighted by Crippen LogP contribution is -2.48. The molecule has 4 N–H and O–H groups in total. The third-order valence-electron chi connectivity index (χ3n) is 7.29. The Kier molecular flexibility index (Phi) is 11.9. The fourth-order valence-corrected chi connectivity index (χ4v) is 5.15. The number of carbonyl (C=O) groups excluding carboxylic acids is 3. The van der Waals surface area contributed by atoms with E-state index in [1.165, 1.54) is 10.7 Å². The van der Waals surface area contributed by atoms with Gasteiger partial charge >= 0.3 is 0 Å². The number of hydrogen-bond donors (Lipinski definition) is 3. The van der Waals surface area contributed by atoms with Crippen molar-refractivity contribution in [1.29, 1.82) is 0 Å². The molecule has 2 aliphatic rings. The van der Waals surface area contributed by atoms with Crippen molar-refractivity contribution in [2.75, 3.05) is 13.2 Å². The normalized spacial score (nSPS) is 23.9. The Labute approximate surface area is 220 Å². The first-order valence-electron chi connectivity index (χ1n) is 14.1. The van der Waals surface area contributed by atoms with E-state index >= 15 is 0 Å². The monoisotopic (exact) mass is 519 g/mol. The topological polar surface area (TPSA) is 138 Å². The maximum absolute atomic E-state index is 13.3. The van der Waals surface area contributed by atoms with Gasteiger partial charge in [0.1, 0.15) is 12.2 Å². The first-order chi connectivity index (χ1) is 17.9. The molecule has 1 heterocycles. The summed E-state index contributed by atoms with van der Waals surface area (Å²) >= 11 is 0. The number of unbranched alkanes of at least 4 members (excludes halogenated alkanes) is 2. The van der Waals surface area contributed by atoms with E-state index in [9.17, 15) is 14.4 Å². The number of nitrogens with two attached hydrogens (primary N) is 1. The summed E-state index contributed by atoms with van der Waals surface area (Å²) < 4.78 is 13.4. The van der Waals surface area contributed by atoms with Gasteiger partial charge in [0, 0.05) is 19.3 Å². The Hall–Kier alpha value is -2.46. The van der Waals surface area contributed by atoms with Gasteiger partial charge in [0.15, 0.2) is 5.69 Å². The molecule has 1 aromatic heterocycles. The summed E-state index contributed by atoms with van der Waals surface area (Å²) in [4.78, 5) is 38.1. The van der Waals surface area contributed by atoms with Crippen LogP contribution in [-0.4, -0.2) is 65.0 Å². The van der Waals surface area contributed by atoms with Gasteiger partial charge in [-0.3, -0.25) is 14.4 Å². The van der Waals surface area contributed by atoms with Crippen molar-refractivity contribution in [2.24, 2.45) is 5.73 Å². The number of primary amides is 1. The van der Waals surface area contributed by atoms with Gasteiger partial charge in [-0.2, -0.15) is 5.10 Å². The number of ether oxygens (including phenoxy) is 2. The summed E-state index contributed by atoms with van der Waals surface area (Å²) in [5.41, 5.74) is 5.54. The number of hydrogen-bond acceptors (Lipinski definition) is 6. The van der Waals surface area contributed by atoms with Crippen molar-refractivity contribution < 1.29 is 23.9 Å². The van der Waals surface area contributed by atoms with Crippen LogP contribution in [0.5, 0.6) is 0 Å². The second-order valence-electron chi connectivity index (χ2n) is 10.3. The summed E-state index contributed by atoms with van der Waals surface area (Å²) in [6, 6.07) is 1.15. The molecule has 3 amide bonds. The van der Waals surface area contributed by atoms with E-state index in [0.29, 0.717) is 13.2 Å². The number of rotatable bonds is 14. The van der Waals surface area contributed by atoms with Crippen LogP contribution in [0.25, 0.3) is 0 Å². The molecule has 0 spiro atoms. The summed E-state index contributed by atoms with van der Waals surface area (Å²) in [5, 5.41) is 10.3. The third kappa shape index (κ3) is 8.81. The molecule has 0 aliphatic heterocycles. The van der Waals surface area contributed by atoms with Crippen LogP contribution in [-0.2, 0) is 20.8 Å². The lowest BCUT2D eigenvalue weighted by molar-refractivity contribution is -0.124. The number of aromatic nitrogens is 2.